The van der Waals surface area contributed by atoms with Crippen LogP contribution >= 0.6 is 0 Å². The van der Waals surface area contributed by atoms with Gasteiger partial charge in [-0.25, -0.2) is 0 Å². The van der Waals surface area contributed by atoms with Gasteiger partial charge in [0, 0.05) is 18.0 Å². The second-order valence-corrected chi connectivity index (χ2v) is 4.58. The van der Waals surface area contributed by atoms with E-state index in [1.807, 2.05) is 0 Å². The molecule has 1 saturated carbocycles. The predicted molar refractivity (Wildman–Crippen MR) is 62.4 cm³/mol. The van der Waals surface area contributed by atoms with Gasteiger partial charge in [0.1, 0.15) is 0 Å². The van der Waals surface area contributed by atoms with Crippen LogP contribution in [0, 0.1) is 5.92 Å². The lowest BCUT2D eigenvalue weighted by molar-refractivity contribution is -0.126. The van der Waals surface area contributed by atoms with Crippen LogP contribution in [0.25, 0.3) is 0 Å². The molecule has 1 rings (SSSR count). The molecule has 0 aromatic carbocycles. The van der Waals surface area contributed by atoms with E-state index in [1.54, 1.807) is 0 Å². The number of carbonyl (C=O) groups excluding carboxylic acids is 1. The molecule has 1 amide bonds. The summed E-state index contributed by atoms with van der Waals surface area (Å²) in [4.78, 5) is 11.9. The van der Waals surface area contributed by atoms with Crippen LogP contribution in [0.3, 0.4) is 0 Å². The Kier molecular flexibility index (Phi) is 5.09. The molecule has 0 aromatic heterocycles. The van der Waals surface area contributed by atoms with Crippen molar-refractivity contribution >= 4 is 5.91 Å². The van der Waals surface area contributed by atoms with Crippen LogP contribution in [0.1, 0.15) is 52.4 Å². The Bertz CT molecular complexity index is 202. The maximum atomic E-state index is 11.9. The second-order valence-electron chi connectivity index (χ2n) is 4.58. The van der Waals surface area contributed by atoms with Crippen LogP contribution in [0.15, 0.2) is 0 Å². The summed E-state index contributed by atoms with van der Waals surface area (Å²) >= 11 is 0. The molecule has 15 heavy (non-hydrogen) atoms. The van der Waals surface area contributed by atoms with Crippen molar-refractivity contribution in [3.05, 3.63) is 0 Å². The topological polar surface area (TPSA) is 55.1 Å². The molecule has 0 radical (unpaired) electrons. The van der Waals surface area contributed by atoms with Crippen molar-refractivity contribution in [2.75, 3.05) is 0 Å². The van der Waals surface area contributed by atoms with Crippen LogP contribution in [0.2, 0.25) is 0 Å². The minimum absolute atomic E-state index is 0.164. The van der Waals surface area contributed by atoms with Gasteiger partial charge in [0.05, 0.1) is 0 Å². The maximum absolute atomic E-state index is 11.9. The minimum Gasteiger partial charge on any atom is -0.352 e. The Morgan fingerprint density at radius 1 is 1.33 bits per heavy atom. The molecule has 0 saturated heterocycles. The Balaban J connectivity index is 2.41. The normalized spacial score (nSPS) is 26.7. The molecule has 3 nitrogen and oxygen atoms in total. The molecule has 1 aliphatic carbocycles. The molecular formula is C12H24N2O. The van der Waals surface area contributed by atoms with Crippen LogP contribution in [0.4, 0.5) is 0 Å². The van der Waals surface area contributed by atoms with E-state index in [-0.39, 0.29) is 23.9 Å². The van der Waals surface area contributed by atoms with E-state index >= 15 is 0 Å². The zero-order valence-corrected chi connectivity index (χ0v) is 9.96. The van der Waals surface area contributed by atoms with Crippen molar-refractivity contribution in [3.63, 3.8) is 0 Å². The molecule has 1 fully saturated rings. The summed E-state index contributed by atoms with van der Waals surface area (Å²) in [6, 6.07) is 0.379. The Labute approximate surface area is 92.8 Å². The number of nitrogens with one attached hydrogen (secondary N) is 1. The molecule has 1 aliphatic rings. The molecule has 2 atom stereocenters. The van der Waals surface area contributed by atoms with Crippen molar-refractivity contribution in [3.8, 4) is 0 Å². The Morgan fingerprint density at radius 2 is 1.93 bits per heavy atom. The molecule has 3 N–H and O–H groups in total. The largest absolute Gasteiger partial charge is 0.352 e. The van der Waals surface area contributed by atoms with Crippen molar-refractivity contribution in [1.29, 1.82) is 0 Å². The number of hydrogen-bond acceptors (Lipinski definition) is 2. The molecule has 0 unspecified atom stereocenters. The smallest absolute Gasteiger partial charge is 0.223 e. The number of amides is 1. The van der Waals surface area contributed by atoms with Gasteiger partial charge in [0.15, 0.2) is 0 Å². The van der Waals surface area contributed by atoms with Gasteiger partial charge in [0.2, 0.25) is 5.91 Å². The van der Waals surface area contributed by atoms with Crippen LogP contribution in [0.5, 0.6) is 0 Å². The van der Waals surface area contributed by atoms with E-state index in [1.165, 1.54) is 12.8 Å². The van der Waals surface area contributed by atoms with Gasteiger partial charge in [-0.15, -0.1) is 0 Å². The summed E-state index contributed by atoms with van der Waals surface area (Å²) in [5.41, 5.74) is 6.00. The molecule has 88 valence electrons. The quantitative estimate of drug-likeness (QED) is 0.746. The average Bonchev–Trinajstić information content (AvgIpc) is 2.23. The summed E-state index contributed by atoms with van der Waals surface area (Å²) in [6.07, 6.45) is 6.34. The SMILES string of the molecule is CCC(CC)C(=O)N[C@@H]1CCCC[C@H]1N. The highest BCUT2D eigenvalue weighted by molar-refractivity contribution is 5.78. The highest BCUT2D eigenvalue weighted by Gasteiger charge is 2.25. The molecule has 3 heteroatoms. The zero-order valence-electron chi connectivity index (χ0n) is 9.96. The van der Waals surface area contributed by atoms with Gasteiger partial charge >= 0.3 is 0 Å². The second kappa shape index (κ2) is 6.11. The van der Waals surface area contributed by atoms with E-state index in [4.69, 9.17) is 5.73 Å². The summed E-state index contributed by atoms with van der Waals surface area (Å²) in [6.45, 7) is 4.13. The molecule has 0 aromatic rings. The third kappa shape index (κ3) is 3.49. The number of carbonyl (C=O) groups is 1. The molecule has 0 spiro atoms. The minimum atomic E-state index is 0.164. The predicted octanol–water partition coefficient (Wildman–Crippen LogP) is 1.81. The van der Waals surface area contributed by atoms with E-state index in [0.29, 0.717) is 0 Å². The number of nitrogens with two attached hydrogens (primary N) is 1. The first-order valence-corrected chi connectivity index (χ1v) is 6.25. The maximum Gasteiger partial charge on any atom is 0.223 e. The molecule has 0 heterocycles. The van der Waals surface area contributed by atoms with Crippen molar-refractivity contribution in [1.82, 2.24) is 5.32 Å². The van der Waals surface area contributed by atoms with Gasteiger partial charge in [-0.1, -0.05) is 26.7 Å². The average molecular weight is 212 g/mol. The van der Waals surface area contributed by atoms with E-state index in [9.17, 15) is 4.79 Å². The first-order chi connectivity index (χ1) is 7.19. The lowest BCUT2D eigenvalue weighted by Gasteiger charge is -2.30. The number of rotatable bonds is 4. The lowest BCUT2D eigenvalue weighted by Crippen LogP contribution is -2.50. The lowest BCUT2D eigenvalue weighted by atomic mass is 9.90. The van der Waals surface area contributed by atoms with Crippen LogP contribution in [-0.2, 0) is 4.79 Å². The first-order valence-electron chi connectivity index (χ1n) is 6.25. The Morgan fingerprint density at radius 3 is 2.47 bits per heavy atom. The third-order valence-electron chi connectivity index (χ3n) is 3.50. The van der Waals surface area contributed by atoms with Crippen LogP contribution in [-0.4, -0.2) is 18.0 Å². The molecule has 0 aliphatic heterocycles. The summed E-state index contributed by atoms with van der Waals surface area (Å²) in [5, 5.41) is 3.11. The van der Waals surface area contributed by atoms with Crippen molar-refractivity contribution in [2.45, 2.75) is 64.5 Å². The first kappa shape index (κ1) is 12.5. The molecular weight excluding hydrogens is 188 g/mol. The summed E-state index contributed by atoms with van der Waals surface area (Å²) < 4.78 is 0. The van der Waals surface area contributed by atoms with E-state index in [0.717, 1.165) is 25.7 Å². The van der Waals surface area contributed by atoms with Gasteiger partial charge < -0.3 is 11.1 Å². The standard InChI is InChI=1S/C12H24N2O/c1-3-9(4-2)12(15)14-11-8-6-5-7-10(11)13/h9-11H,3-8,13H2,1-2H3,(H,14,15)/t10-,11-/m1/s1. The highest BCUT2D eigenvalue weighted by atomic mass is 16.1. The third-order valence-corrected chi connectivity index (χ3v) is 3.50. The molecule has 0 bridgehead atoms. The fraction of sp³-hybridized carbons (Fsp3) is 0.917. The van der Waals surface area contributed by atoms with Gasteiger partial charge in [-0.3, -0.25) is 4.79 Å². The van der Waals surface area contributed by atoms with E-state index in [2.05, 4.69) is 19.2 Å². The van der Waals surface area contributed by atoms with Crippen molar-refractivity contribution < 1.29 is 4.79 Å². The zero-order chi connectivity index (χ0) is 11.3. The highest BCUT2D eigenvalue weighted by Crippen LogP contribution is 2.18. The van der Waals surface area contributed by atoms with Gasteiger partial charge in [0.25, 0.3) is 0 Å². The monoisotopic (exact) mass is 212 g/mol. The van der Waals surface area contributed by atoms with E-state index < -0.39 is 0 Å². The van der Waals surface area contributed by atoms with Crippen LogP contribution < -0.4 is 11.1 Å². The fourth-order valence-electron chi connectivity index (χ4n) is 2.30. The summed E-state index contributed by atoms with van der Waals surface area (Å²) in [7, 11) is 0. The van der Waals surface area contributed by atoms with Gasteiger partial charge in [-0.2, -0.15) is 0 Å². The summed E-state index contributed by atoms with van der Waals surface area (Å²) in [5.74, 6) is 0.362. The van der Waals surface area contributed by atoms with Crippen molar-refractivity contribution in [2.24, 2.45) is 11.7 Å². The fourth-order valence-corrected chi connectivity index (χ4v) is 2.30. The number of hydrogen-bond donors (Lipinski definition) is 2. The Hall–Kier alpha value is -0.570. The van der Waals surface area contributed by atoms with Gasteiger partial charge in [-0.05, 0) is 25.7 Å².